The zero-order chi connectivity index (χ0) is 23.9. The van der Waals surface area contributed by atoms with Gasteiger partial charge in [-0.2, -0.15) is 0 Å². The maximum absolute atomic E-state index is 12.9. The number of nitrogens with one attached hydrogen (secondary N) is 2. The van der Waals surface area contributed by atoms with Crippen LogP contribution in [0, 0.1) is 5.92 Å². The highest BCUT2D eigenvalue weighted by Gasteiger charge is 2.26. The number of ether oxygens (including phenoxy) is 3. The second kappa shape index (κ2) is 10.7. The van der Waals surface area contributed by atoms with E-state index >= 15 is 0 Å². The van der Waals surface area contributed by atoms with Crippen molar-refractivity contribution in [2.75, 3.05) is 50.0 Å². The molecule has 0 bridgehead atoms. The number of rotatable bonds is 8. The highest BCUT2D eigenvalue weighted by molar-refractivity contribution is 5.93. The number of amides is 1. The van der Waals surface area contributed by atoms with Crippen molar-refractivity contribution in [2.45, 2.75) is 12.8 Å². The number of aromatic nitrogens is 2. The molecule has 2 N–H and O–H groups in total. The molecule has 0 unspecified atom stereocenters. The summed E-state index contributed by atoms with van der Waals surface area (Å²) >= 11 is 0. The molecule has 3 aromatic rings. The second-order valence-corrected chi connectivity index (χ2v) is 7.93. The number of benzene rings is 2. The van der Waals surface area contributed by atoms with E-state index in [-0.39, 0.29) is 11.8 Å². The van der Waals surface area contributed by atoms with Crippen LogP contribution in [0.25, 0.3) is 0 Å². The van der Waals surface area contributed by atoms with Crippen LogP contribution in [0.2, 0.25) is 0 Å². The number of piperidine rings is 1. The molecule has 0 saturated carbocycles. The van der Waals surface area contributed by atoms with Crippen LogP contribution in [0.5, 0.6) is 17.2 Å². The predicted octanol–water partition coefficient (Wildman–Crippen LogP) is 4.10. The Kier molecular flexibility index (Phi) is 7.31. The molecule has 2 heterocycles. The number of anilines is 4. The second-order valence-electron chi connectivity index (χ2n) is 7.93. The monoisotopic (exact) mass is 463 g/mol. The Labute approximate surface area is 199 Å². The van der Waals surface area contributed by atoms with Crippen molar-refractivity contribution in [1.82, 2.24) is 10.2 Å². The van der Waals surface area contributed by atoms with Crippen LogP contribution in [0.15, 0.2) is 54.6 Å². The number of carbonyl (C=O) groups excluding carboxylic acids is 1. The average Bonchev–Trinajstić information content (AvgIpc) is 2.89. The summed E-state index contributed by atoms with van der Waals surface area (Å²) in [5, 5.41) is 14.9. The molecule has 1 fully saturated rings. The fraction of sp³-hybridized carbons (Fsp3) is 0.320. The number of carbonyl (C=O) groups is 1. The summed E-state index contributed by atoms with van der Waals surface area (Å²) < 4.78 is 16.1. The van der Waals surface area contributed by atoms with E-state index in [2.05, 4.69) is 25.7 Å². The third-order valence-corrected chi connectivity index (χ3v) is 5.82. The molecule has 9 nitrogen and oxygen atoms in total. The van der Waals surface area contributed by atoms with Gasteiger partial charge in [-0.25, -0.2) is 0 Å². The van der Waals surface area contributed by atoms with Gasteiger partial charge >= 0.3 is 0 Å². The quantitative estimate of drug-likeness (QED) is 0.515. The minimum absolute atomic E-state index is 0.0255. The molecular weight excluding hydrogens is 434 g/mol. The average molecular weight is 464 g/mol. The van der Waals surface area contributed by atoms with Crippen molar-refractivity contribution < 1.29 is 19.0 Å². The van der Waals surface area contributed by atoms with Gasteiger partial charge in [0.15, 0.2) is 23.1 Å². The van der Waals surface area contributed by atoms with Crippen molar-refractivity contribution in [3.63, 3.8) is 0 Å². The van der Waals surface area contributed by atoms with Crippen molar-refractivity contribution in [3.05, 3.63) is 54.6 Å². The molecular formula is C25H29N5O4. The van der Waals surface area contributed by atoms with E-state index in [4.69, 9.17) is 14.2 Å². The van der Waals surface area contributed by atoms with E-state index < -0.39 is 0 Å². The van der Waals surface area contributed by atoms with Gasteiger partial charge in [0, 0.05) is 42.5 Å². The molecule has 1 aromatic heterocycles. The van der Waals surface area contributed by atoms with Gasteiger partial charge in [-0.3, -0.25) is 4.79 Å². The Bertz CT molecular complexity index is 1080. The number of nitrogens with zero attached hydrogens (tertiary/aromatic N) is 3. The fourth-order valence-electron chi connectivity index (χ4n) is 4.00. The summed E-state index contributed by atoms with van der Waals surface area (Å²) in [4.78, 5) is 15.1. The van der Waals surface area contributed by atoms with Crippen LogP contribution in [0.3, 0.4) is 0 Å². The molecule has 1 aliphatic heterocycles. The van der Waals surface area contributed by atoms with Gasteiger partial charge in [0.2, 0.25) is 11.7 Å². The van der Waals surface area contributed by atoms with Crippen LogP contribution >= 0.6 is 0 Å². The molecule has 0 spiro atoms. The predicted molar refractivity (Wildman–Crippen MR) is 131 cm³/mol. The topological polar surface area (TPSA) is 97.8 Å². The van der Waals surface area contributed by atoms with E-state index in [9.17, 15) is 4.79 Å². The van der Waals surface area contributed by atoms with E-state index in [1.54, 1.807) is 33.5 Å². The molecule has 34 heavy (non-hydrogen) atoms. The lowest BCUT2D eigenvalue weighted by molar-refractivity contribution is -0.120. The first-order valence-electron chi connectivity index (χ1n) is 11.1. The van der Waals surface area contributed by atoms with Crippen LogP contribution in [-0.2, 0) is 4.79 Å². The van der Waals surface area contributed by atoms with E-state index in [0.29, 0.717) is 28.8 Å². The van der Waals surface area contributed by atoms with Crippen molar-refractivity contribution in [3.8, 4) is 17.2 Å². The molecule has 0 aliphatic carbocycles. The Morgan fingerprint density at radius 1 is 0.882 bits per heavy atom. The Balaban J connectivity index is 1.33. The number of methoxy groups -OCH3 is 3. The SMILES string of the molecule is COc1cc(NC(=O)C2CCN(c3ccc(Nc4ccccc4)nn3)CC2)cc(OC)c1OC. The summed E-state index contributed by atoms with van der Waals surface area (Å²) in [7, 11) is 4.64. The fourth-order valence-corrected chi connectivity index (χ4v) is 4.00. The molecule has 9 heteroatoms. The molecule has 0 atom stereocenters. The van der Waals surface area contributed by atoms with E-state index in [1.807, 2.05) is 42.5 Å². The lowest BCUT2D eigenvalue weighted by Gasteiger charge is -2.31. The standard InChI is InChI=1S/C25H29N5O4/c1-32-20-15-19(16-21(33-2)24(20)34-3)27-25(31)17-11-13-30(14-12-17)23-10-9-22(28-29-23)26-18-7-5-4-6-8-18/h4-10,15-17H,11-14H2,1-3H3,(H,26,28)(H,27,31). The van der Waals surface area contributed by atoms with Gasteiger partial charge in [0.25, 0.3) is 0 Å². The third kappa shape index (κ3) is 5.31. The van der Waals surface area contributed by atoms with Gasteiger partial charge in [0.05, 0.1) is 21.3 Å². The first-order valence-corrected chi connectivity index (χ1v) is 11.1. The third-order valence-electron chi connectivity index (χ3n) is 5.82. The highest BCUT2D eigenvalue weighted by atomic mass is 16.5. The van der Waals surface area contributed by atoms with Crippen molar-refractivity contribution in [2.24, 2.45) is 5.92 Å². The largest absolute Gasteiger partial charge is 0.493 e. The highest BCUT2D eigenvalue weighted by Crippen LogP contribution is 2.40. The van der Waals surface area contributed by atoms with E-state index in [0.717, 1.165) is 37.4 Å². The molecule has 4 rings (SSSR count). The Morgan fingerprint density at radius 3 is 2.12 bits per heavy atom. The first-order chi connectivity index (χ1) is 16.6. The Morgan fingerprint density at radius 2 is 1.56 bits per heavy atom. The van der Waals surface area contributed by atoms with Crippen LogP contribution in [-0.4, -0.2) is 50.5 Å². The van der Waals surface area contributed by atoms with Crippen LogP contribution in [0.1, 0.15) is 12.8 Å². The normalized spacial score (nSPS) is 13.8. The molecule has 2 aromatic carbocycles. The summed E-state index contributed by atoms with van der Waals surface area (Å²) in [5.41, 5.74) is 1.57. The summed E-state index contributed by atoms with van der Waals surface area (Å²) in [6.07, 6.45) is 1.45. The summed E-state index contributed by atoms with van der Waals surface area (Å²) in [6.45, 7) is 1.46. The van der Waals surface area contributed by atoms with Gasteiger partial charge in [-0.1, -0.05) is 18.2 Å². The van der Waals surface area contributed by atoms with Crippen LogP contribution < -0.4 is 29.7 Å². The number of para-hydroxylation sites is 1. The maximum Gasteiger partial charge on any atom is 0.227 e. The minimum Gasteiger partial charge on any atom is -0.493 e. The van der Waals surface area contributed by atoms with Crippen molar-refractivity contribution in [1.29, 1.82) is 0 Å². The van der Waals surface area contributed by atoms with Crippen LogP contribution in [0.4, 0.5) is 23.0 Å². The maximum atomic E-state index is 12.9. The zero-order valence-electron chi connectivity index (χ0n) is 19.6. The lowest BCUT2D eigenvalue weighted by atomic mass is 9.95. The van der Waals surface area contributed by atoms with Gasteiger partial charge in [-0.15, -0.1) is 10.2 Å². The molecule has 1 amide bonds. The van der Waals surface area contributed by atoms with Gasteiger partial charge in [0.1, 0.15) is 0 Å². The molecule has 1 aliphatic rings. The number of hydrogen-bond acceptors (Lipinski definition) is 8. The minimum atomic E-state index is -0.0951. The number of hydrogen-bond donors (Lipinski definition) is 2. The van der Waals surface area contributed by atoms with E-state index in [1.165, 1.54) is 0 Å². The summed E-state index contributed by atoms with van der Waals surface area (Å²) in [6, 6.07) is 17.2. The first kappa shape index (κ1) is 23.2. The Hall–Kier alpha value is -4.01. The molecule has 0 radical (unpaired) electrons. The summed E-state index contributed by atoms with van der Waals surface area (Å²) in [5.74, 6) is 2.86. The van der Waals surface area contributed by atoms with Gasteiger partial charge < -0.3 is 29.7 Å². The van der Waals surface area contributed by atoms with Crippen molar-refractivity contribution >= 4 is 28.9 Å². The lowest BCUT2D eigenvalue weighted by Crippen LogP contribution is -2.38. The smallest absolute Gasteiger partial charge is 0.227 e. The van der Waals surface area contributed by atoms with Gasteiger partial charge in [-0.05, 0) is 37.1 Å². The molecule has 1 saturated heterocycles. The molecule has 178 valence electrons. The zero-order valence-corrected chi connectivity index (χ0v) is 19.6.